The van der Waals surface area contributed by atoms with E-state index >= 15 is 0 Å². The van der Waals surface area contributed by atoms with Gasteiger partial charge in [0.15, 0.2) is 0 Å². The molecule has 2 aromatic rings. The Morgan fingerprint density at radius 2 is 2.09 bits per heavy atom. The van der Waals surface area contributed by atoms with E-state index in [9.17, 15) is 14.9 Å². The Morgan fingerprint density at radius 1 is 1.41 bits per heavy atom. The Morgan fingerprint density at radius 3 is 2.64 bits per heavy atom. The lowest BCUT2D eigenvalue weighted by Gasteiger charge is -2.17. The highest BCUT2D eigenvalue weighted by molar-refractivity contribution is 6.30. The van der Waals surface area contributed by atoms with E-state index in [4.69, 9.17) is 11.6 Å². The molecule has 0 bridgehead atoms. The van der Waals surface area contributed by atoms with Crippen molar-refractivity contribution in [1.82, 2.24) is 15.1 Å². The Kier molecular flexibility index (Phi) is 5.11. The van der Waals surface area contributed by atoms with Crippen LogP contribution in [0.15, 0.2) is 36.5 Å². The van der Waals surface area contributed by atoms with Gasteiger partial charge in [0.1, 0.15) is 6.54 Å². The summed E-state index contributed by atoms with van der Waals surface area (Å²) in [6.45, 7) is 1.89. The number of carbonyl (C=O) groups is 1. The lowest BCUT2D eigenvalue weighted by molar-refractivity contribution is -0.389. The predicted octanol–water partition coefficient (Wildman–Crippen LogP) is 2.71. The molecule has 0 radical (unpaired) electrons. The standard InChI is InChI=1S/C14H15ClN4O3/c1-2-12(10-3-5-11(15)6-4-10)16-14(20)9-18-8-7-13(17-18)19(21)22/h3-8,12H,2,9H2,1H3,(H,16,20). The van der Waals surface area contributed by atoms with Crippen LogP contribution in [0.5, 0.6) is 0 Å². The summed E-state index contributed by atoms with van der Waals surface area (Å²) in [5.41, 5.74) is 0.951. The van der Waals surface area contributed by atoms with E-state index in [1.54, 1.807) is 12.1 Å². The molecule has 116 valence electrons. The topological polar surface area (TPSA) is 90.1 Å². The minimum atomic E-state index is -0.600. The molecule has 0 spiro atoms. The predicted molar refractivity (Wildman–Crippen MR) is 81.5 cm³/mol. The lowest BCUT2D eigenvalue weighted by Crippen LogP contribution is -2.31. The summed E-state index contributed by atoms with van der Waals surface area (Å²) in [5.74, 6) is -0.544. The van der Waals surface area contributed by atoms with Crippen molar-refractivity contribution < 1.29 is 9.72 Å². The Labute approximate surface area is 132 Å². The van der Waals surface area contributed by atoms with E-state index in [-0.39, 0.29) is 24.3 Å². The highest BCUT2D eigenvalue weighted by atomic mass is 35.5. The molecule has 1 amide bonds. The number of amides is 1. The number of hydrogen-bond donors (Lipinski definition) is 1. The molecule has 7 nitrogen and oxygen atoms in total. The van der Waals surface area contributed by atoms with Crippen LogP contribution in [0.3, 0.4) is 0 Å². The van der Waals surface area contributed by atoms with Crippen molar-refractivity contribution in [3.63, 3.8) is 0 Å². The van der Waals surface area contributed by atoms with Gasteiger partial charge in [0.25, 0.3) is 0 Å². The van der Waals surface area contributed by atoms with Crippen molar-refractivity contribution in [2.45, 2.75) is 25.9 Å². The molecule has 8 heteroatoms. The van der Waals surface area contributed by atoms with Crippen LogP contribution in [0.2, 0.25) is 5.02 Å². The average Bonchev–Trinajstić information content (AvgIpc) is 2.94. The molecule has 1 N–H and O–H groups in total. The van der Waals surface area contributed by atoms with E-state index in [0.29, 0.717) is 11.4 Å². The number of nitrogens with one attached hydrogen (secondary N) is 1. The second-order valence-electron chi connectivity index (χ2n) is 4.71. The molecular weight excluding hydrogens is 308 g/mol. The van der Waals surface area contributed by atoms with E-state index in [0.717, 1.165) is 5.56 Å². The average molecular weight is 323 g/mol. The fourth-order valence-electron chi connectivity index (χ4n) is 2.04. The summed E-state index contributed by atoms with van der Waals surface area (Å²) < 4.78 is 1.24. The largest absolute Gasteiger partial charge is 0.389 e. The van der Waals surface area contributed by atoms with Crippen molar-refractivity contribution in [3.05, 3.63) is 57.2 Å². The number of carbonyl (C=O) groups excluding carboxylic acids is 1. The second kappa shape index (κ2) is 7.04. The number of halogens is 1. The maximum absolute atomic E-state index is 12.0. The number of hydrogen-bond acceptors (Lipinski definition) is 4. The number of rotatable bonds is 6. The Hall–Kier alpha value is -2.41. The van der Waals surface area contributed by atoms with Gasteiger partial charge in [-0.1, -0.05) is 30.7 Å². The third kappa shape index (κ3) is 4.05. The highest BCUT2D eigenvalue weighted by Gasteiger charge is 2.16. The van der Waals surface area contributed by atoms with Gasteiger partial charge in [-0.2, -0.15) is 4.68 Å². The van der Waals surface area contributed by atoms with Crippen LogP contribution in [-0.4, -0.2) is 20.6 Å². The fourth-order valence-corrected chi connectivity index (χ4v) is 2.17. The lowest BCUT2D eigenvalue weighted by atomic mass is 10.0. The molecule has 0 aliphatic heterocycles. The van der Waals surface area contributed by atoms with E-state index in [1.165, 1.54) is 16.9 Å². The molecule has 22 heavy (non-hydrogen) atoms. The van der Waals surface area contributed by atoms with Gasteiger partial charge in [-0.05, 0) is 29.0 Å². The van der Waals surface area contributed by atoms with Gasteiger partial charge in [-0.3, -0.25) is 4.79 Å². The van der Waals surface area contributed by atoms with Crippen LogP contribution >= 0.6 is 11.6 Å². The first kappa shape index (κ1) is 16.0. The van der Waals surface area contributed by atoms with Crippen molar-refractivity contribution >= 4 is 23.3 Å². The van der Waals surface area contributed by atoms with Gasteiger partial charge >= 0.3 is 5.82 Å². The molecule has 1 heterocycles. The first-order chi connectivity index (χ1) is 10.5. The fraction of sp³-hybridized carbons (Fsp3) is 0.286. The van der Waals surface area contributed by atoms with Gasteiger partial charge < -0.3 is 15.4 Å². The van der Waals surface area contributed by atoms with Gasteiger partial charge in [0.2, 0.25) is 5.91 Å². The molecule has 1 aromatic heterocycles. The van der Waals surface area contributed by atoms with Crippen molar-refractivity contribution in [2.24, 2.45) is 0 Å². The van der Waals surface area contributed by atoms with Crippen molar-refractivity contribution in [3.8, 4) is 0 Å². The Bertz CT molecular complexity index is 669. The zero-order chi connectivity index (χ0) is 16.1. The molecule has 0 saturated carbocycles. The SMILES string of the molecule is CCC(NC(=O)Cn1ccc([N+](=O)[O-])n1)c1ccc(Cl)cc1. The van der Waals surface area contributed by atoms with E-state index < -0.39 is 4.92 Å². The molecule has 0 fully saturated rings. The summed E-state index contributed by atoms with van der Waals surface area (Å²) in [5, 5.41) is 17.8. The minimum Gasteiger partial charge on any atom is -0.358 e. The van der Waals surface area contributed by atoms with Crippen molar-refractivity contribution in [2.75, 3.05) is 0 Å². The molecule has 0 aliphatic rings. The third-order valence-corrected chi connectivity index (χ3v) is 3.39. The van der Waals surface area contributed by atoms with E-state index in [1.807, 2.05) is 19.1 Å². The summed E-state index contributed by atoms with van der Waals surface area (Å²) in [6.07, 6.45) is 2.12. The molecule has 0 saturated heterocycles. The van der Waals surface area contributed by atoms with Crippen LogP contribution in [0.1, 0.15) is 24.9 Å². The summed E-state index contributed by atoms with van der Waals surface area (Å²) >= 11 is 5.85. The van der Waals surface area contributed by atoms with Crippen LogP contribution in [0.25, 0.3) is 0 Å². The summed E-state index contributed by atoms with van der Waals surface area (Å²) in [6, 6.07) is 8.36. The third-order valence-electron chi connectivity index (χ3n) is 3.14. The number of nitrogens with zero attached hydrogens (tertiary/aromatic N) is 3. The van der Waals surface area contributed by atoms with Crippen LogP contribution < -0.4 is 5.32 Å². The molecule has 2 rings (SSSR count). The maximum atomic E-state index is 12.0. The first-order valence-corrected chi connectivity index (χ1v) is 7.10. The molecule has 0 aliphatic carbocycles. The smallest absolute Gasteiger partial charge is 0.358 e. The quantitative estimate of drug-likeness (QED) is 0.654. The monoisotopic (exact) mass is 322 g/mol. The van der Waals surface area contributed by atoms with Gasteiger partial charge in [0.05, 0.1) is 23.4 Å². The maximum Gasteiger partial charge on any atom is 0.389 e. The number of nitro groups is 1. The summed E-state index contributed by atoms with van der Waals surface area (Å²) in [7, 11) is 0. The number of aromatic nitrogens is 2. The molecular formula is C14H15ClN4O3. The first-order valence-electron chi connectivity index (χ1n) is 6.72. The minimum absolute atomic E-state index is 0.0715. The second-order valence-corrected chi connectivity index (χ2v) is 5.14. The van der Waals surface area contributed by atoms with Crippen molar-refractivity contribution in [1.29, 1.82) is 0 Å². The zero-order valence-corrected chi connectivity index (χ0v) is 12.7. The molecule has 1 unspecified atom stereocenters. The zero-order valence-electron chi connectivity index (χ0n) is 11.9. The van der Waals surface area contributed by atoms with Gasteiger partial charge in [-0.15, -0.1) is 0 Å². The van der Waals surface area contributed by atoms with Crippen LogP contribution in [0, 0.1) is 10.1 Å². The Balaban J connectivity index is 1.99. The van der Waals surface area contributed by atoms with Crippen LogP contribution in [0.4, 0.5) is 5.82 Å². The van der Waals surface area contributed by atoms with Gasteiger partial charge in [0, 0.05) is 5.02 Å². The van der Waals surface area contributed by atoms with Gasteiger partial charge in [-0.25, -0.2) is 0 Å². The highest BCUT2D eigenvalue weighted by Crippen LogP contribution is 2.19. The molecule has 1 atom stereocenters. The number of benzene rings is 1. The van der Waals surface area contributed by atoms with E-state index in [2.05, 4.69) is 10.4 Å². The van der Waals surface area contributed by atoms with Crippen LogP contribution in [-0.2, 0) is 11.3 Å². The normalized spacial score (nSPS) is 11.9. The molecule has 1 aromatic carbocycles. The summed E-state index contributed by atoms with van der Waals surface area (Å²) in [4.78, 5) is 22.0.